The summed E-state index contributed by atoms with van der Waals surface area (Å²) in [6.07, 6.45) is 0.678. The van der Waals surface area contributed by atoms with Crippen molar-refractivity contribution in [1.29, 1.82) is 0 Å². The van der Waals surface area contributed by atoms with E-state index in [1.807, 2.05) is 72.9 Å². The number of esters is 1. The molecule has 3 N–H and O–H groups in total. The first-order valence-electron chi connectivity index (χ1n) is 12.8. The SMILES string of the molecule is CC(C)[C@@H]1C[C@H](O)[C@H](C)C[C@H](C)C[C@H](C)C(=O)NCC(=O)N(C)[C@H](Cc2cc(I)c(O)c(I)c2)C(=O)O1. The van der Waals surface area contributed by atoms with Gasteiger partial charge < -0.3 is 25.2 Å². The van der Waals surface area contributed by atoms with Crippen molar-refractivity contribution >= 4 is 63.0 Å². The van der Waals surface area contributed by atoms with E-state index in [1.54, 1.807) is 12.1 Å². The van der Waals surface area contributed by atoms with Gasteiger partial charge in [-0.05, 0) is 93.5 Å². The van der Waals surface area contributed by atoms with Crippen LogP contribution in [0.25, 0.3) is 0 Å². The number of cyclic esters (lactones) is 1. The van der Waals surface area contributed by atoms with E-state index in [-0.39, 0.29) is 48.3 Å². The molecular weight excluding hydrogens is 702 g/mol. The highest BCUT2D eigenvalue weighted by Crippen LogP contribution is 2.29. The van der Waals surface area contributed by atoms with Crippen molar-refractivity contribution in [3.8, 4) is 5.75 Å². The van der Waals surface area contributed by atoms with Crippen LogP contribution < -0.4 is 5.32 Å². The Morgan fingerprint density at radius 3 is 2.24 bits per heavy atom. The number of phenolic OH excluding ortho intramolecular Hbond substituents is 1. The lowest BCUT2D eigenvalue weighted by atomic mass is 9.84. The number of amides is 2. The van der Waals surface area contributed by atoms with Gasteiger partial charge in [-0.2, -0.15) is 0 Å². The van der Waals surface area contributed by atoms with Crippen LogP contribution in [0.2, 0.25) is 0 Å². The first-order chi connectivity index (χ1) is 17.2. The molecule has 1 aromatic carbocycles. The number of carbonyl (C=O) groups excluding carboxylic acids is 3. The zero-order valence-electron chi connectivity index (χ0n) is 22.5. The number of aliphatic hydroxyl groups excluding tert-OH is 1. The zero-order chi connectivity index (χ0) is 28.0. The van der Waals surface area contributed by atoms with E-state index in [4.69, 9.17) is 4.74 Å². The molecule has 1 aromatic rings. The van der Waals surface area contributed by atoms with Crippen LogP contribution in [-0.2, 0) is 25.5 Å². The molecule has 1 aliphatic rings. The summed E-state index contributed by atoms with van der Waals surface area (Å²) < 4.78 is 7.23. The van der Waals surface area contributed by atoms with E-state index >= 15 is 0 Å². The number of aliphatic hydroxyl groups is 1. The van der Waals surface area contributed by atoms with Crippen molar-refractivity contribution in [2.45, 2.75) is 78.6 Å². The van der Waals surface area contributed by atoms with E-state index < -0.39 is 30.1 Å². The van der Waals surface area contributed by atoms with Gasteiger partial charge in [0.15, 0.2) is 0 Å². The first-order valence-corrected chi connectivity index (χ1v) is 15.0. The predicted octanol–water partition coefficient (Wildman–Crippen LogP) is 4.11. The van der Waals surface area contributed by atoms with Crippen molar-refractivity contribution < 1.29 is 29.3 Å². The van der Waals surface area contributed by atoms with Crippen LogP contribution in [0.15, 0.2) is 12.1 Å². The van der Waals surface area contributed by atoms with Gasteiger partial charge in [-0.1, -0.05) is 34.6 Å². The van der Waals surface area contributed by atoms with Crippen LogP contribution >= 0.6 is 45.2 Å². The molecule has 0 aliphatic carbocycles. The summed E-state index contributed by atoms with van der Waals surface area (Å²) in [7, 11) is 1.53. The maximum atomic E-state index is 13.5. The minimum atomic E-state index is -0.943. The molecule has 6 atom stereocenters. The number of likely N-dealkylation sites (N-methyl/N-ethyl adjacent to an activating group) is 1. The number of carbonyl (C=O) groups is 3. The number of benzene rings is 1. The van der Waals surface area contributed by atoms with Gasteiger partial charge in [-0.15, -0.1) is 0 Å². The molecule has 208 valence electrons. The molecule has 0 radical (unpaired) electrons. The average Bonchev–Trinajstić information content (AvgIpc) is 2.81. The van der Waals surface area contributed by atoms with Crippen molar-refractivity contribution in [3.63, 3.8) is 0 Å². The van der Waals surface area contributed by atoms with Crippen LogP contribution in [-0.4, -0.2) is 64.7 Å². The number of nitrogens with zero attached hydrogens (tertiary/aromatic N) is 1. The predicted molar refractivity (Wildman–Crippen MR) is 159 cm³/mol. The lowest BCUT2D eigenvalue weighted by Gasteiger charge is -2.32. The Morgan fingerprint density at radius 2 is 1.68 bits per heavy atom. The molecule has 37 heavy (non-hydrogen) atoms. The third-order valence-electron chi connectivity index (χ3n) is 7.17. The number of aromatic hydroxyl groups is 1. The van der Waals surface area contributed by atoms with Gasteiger partial charge in [-0.3, -0.25) is 9.59 Å². The third kappa shape index (κ3) is 9.22. The number of rotatable bonds is 3. The van der Waals surface area contributed by atoms with Crippen molar-refractivity contribution in [1.82, 2.24) is 10.2 Å². The molecule has 1 saturated heterocycles. The van der Waals surface area contributed by atoms with Crippen LogP contribution in [0, 0.1) is 30.8 Å². The number of ether oxygens (including phenoxy) is 1. The van der Waals surface area contributed by atoms with E-state index in [1.165, 1.54) is 11.9 Å². The summed E-state index contributed by atoms with van der Waals surface area (Å²) in [4.78, 5) is 40.6. The largest absolute Gasteiger partial charge is 0.506 e. The van der Waals surface area contributed by atoms with Gasteiger partial charge in [0.2, 0.25) is 11.8 Å². The Hall–Kier alpha value is -1.15. The average molecular weight is 742 g/mol. The number of phenols is 1. The molecular formula is C27H40I2N2O6. The zero-order valence-corrected chi connectivity index (χ0v) is 26.8. The molecule has 10 heteroatoms. The fraction of sp³-hybridized carbons (Fsp3) is 0.667. The van der Waals surface area contributed by atoms with E-state index in [2.05, 4.69) is 12.2 Å². The van der Waals surface area contributed by atoms with Gasteiger partial charge >= 0.3 is 5.97 Å². The third-order valence-corrected chi connectivity index (χ3v) is 8.82. The molecule has 0 unspecified atom stereocenters. The lowest BCUT2D eigenvalue weighted by molar-refractivity contribution is -0.162. The van der Waals surface area contributed by atoms with Gasteiger partial charge in [0, 0.05) is 25.8 Å². The van der Waals surface area contributed by atoms with Crippen molar-refractivity contribution in [2.75, 3.05) is 13.6 Å². The molecule has 1 aliphatic heterocycles. The number of hydrogen-bond donors (Lipinski definition) is 3. The first kappa shape index (κ1) is 32.1. The summed E-state index contributed by atoms with van der Waals surface area (Å²) in [6.45, 7) is 9.56. The molecule has 0 bridgehead atoms. The van der Waals surface area contributed by atoms with E-state index in [0.29, 0.717) is 20.0 Å². The molecule has 2 rings (SSSR count). The summed E-state index contributed by atoms with van der Waals surface area (Å²) in [6, 6.07) is 2.61. The summed E-state index contributed by atoms with van der Waals surface area (Å²) in [5, 5.41) is 23.8. The molecule has 0 aromatic heterocycles. The Kier molecular flexibility index (Phi) is 12.4. The Morgan fingerprint density at radius 1 is 1.08 bits per heavy atom. The maximum Gasteiger partial charge on any atom is 0.329 e. The monoisotopic (exact) mass is 742 g/mol. The molecule has 0 saturated carbocycles. The van der Waals surface area contributed by atoms with Crippen molar-refractivity contribution in [2.24, 2.45) is 23.7 Å². The summed E-state index contributed by atoms with van der Waals surface area (Å²) in [5.41, 5.74) is 0.768. The van der Waals surface area contributed by atoms with Gasteiger partial charge in [0.1, 0.15) is 17.9 Å². The van der Waals surface area contributed by atoms with Crippen LogP contribution in [0.5, 0.6) is 5.75 Å². The van der Waals surface area contributed by atoms with E-state index in [9.17, 15) is 24.6 Å². The quantitative estimate of drug-likeness (QED) is 0.318. The maximum absolute atomic E-state index is 13.5. The fourth-order valence-electron chi connectivity index (χ4n) is 4.73. The Labute approximate surface area is 247 Å². The number of nitrogens with one attached hydrogen (secondary N) is 1. The summed E-state index contributed by atoms with van der Waals surface area (Å²) >= 11 is 4.06. The normalized spacial score (nSPS) is 29.2. The minimum Gasteiger partial charge on any atom is -0.506 e. The molecule has 2 amide bonds. The molecule has 8 nitrogen and oxygen atoms in total. The highest BCUT2D eigenvalue weighted by atomic mass is 127. The topological polar surface area (TPSA) is 116 Å². The molecule has 0 spiro atoms. The van der Waals surface area contributed by atoms with Gasteiger partial charge in [0.25, 0.3) is 0 Å². The number of halogens is 2. The minimum absolute atomic E-state index is 0.0284. The summed E-state index contributed by atoms with van der Waals surface area (Å²) in [5.74, 6) is -1.14. The second-order valence-electron chi connectivity index (χ2n) is 10.8. The Balaban J connectivity index is 2.41. The second kappa shape index (κ2) is 14.3. The van der Waals surface area contributed by atoms with Crippen LogP contribution in [0.3, 0.4) is 0 Å². The molecule has 1 fully saturated rings. The van der Waals surface area contributed by atoms with Crippen LogP contribution in [0.1, 0.15) is 59.4 Å². The Bertz CT molecular complexity index is 949. The highest BCUT2D eigenvalue weighted by Gasteiger charge is 2.34. The lowest BCUT2D eigenvalue weighted by Crippen LogP contribution is -2.50. The van der Waals surface area contributed by atoms with E-state index in [0.717, 1.165) is 12.0 Å². The van der Waals surface area contributed by atoms with Crippen LogP contribution in [0.4, 0.5) is 0 Å². The number of hydrogen-bond acceptors (Lipinski definition) is 6. The fourth-order valence-corrected chi connectivity index (χ4v) is 6.62. The molecule has 1 heterocycles. The van der Waals surface area contributed by atoms with Gasteiger partial charge in [-0.25, -0.2) is 4.79 Å². The van der Waals surface area contributed by atoms with Crippen molar-refractivity contribution in [3.05, 3.63) is 24.8 Å². The second-order valence-corrected chi connectivity index (χ2v) is 13.2. The van der Waals surface area contributed by atoms with Gasteiger partial charge in [0.05, 0.1) is 19.8 Å². The standard InChI is InChI=1S/C27H40I2N2O6/c1-14(2)23-12-22(32)16(4)7-15(3)8-17(5)26(35)30-13-24(33)31(6)21(27(36)37-23)11-18-9-19(28)25(34)20(29)10-18/h9-10,14-17,21-23,32,34H,7-8,11-13H2,1-6H3,(H,30,35)/t15-,16+,17-,21+,22-,23-/m0/s1. The smallest absolute Gasteiger partial charge is 0.329 e. The highest BCUT2D eigenvalue weighted by molar-refractivity contribution is 14.1.